The van der Waals surface area contributed by atoms with Crippen molar-refractivity contribution >= 4 is 10.8 Å². The Hall–Kier alpha value is -2.66. The van der Waals surface area contributed by atoms with Crippen LogP contribution < -0.4 is 15.6 Å². The van der Waals surface area contributed by atoms with Gasteiger partial charge < -0.3 is 10.1 Å². The number of rotatable bonds is 2. The number of aromatic nitrogens is 2. The molecular weight excluding hydrogens is 266 g/mol. The van der Waals surface area contributed by atoms with Gasteiger partial charge in [-0.2, -0.15) is 5.10 Å². The smallest absolute Gasteiger partial charge is 0.272 e. The number of fused-ring (bicyclic) bond motifs is 2. The van der Waals surface area contributed by atoms with Crippen LogP contribution in [0.4, 0.5) is 0 Å². The lowest BCUT2D eigenvalue weighted by molar-refractivity contribution is 0.485. The summed E-state index contributed by atoms with van der Waals surface area (Å²) in [6.07, 6.45) is 0. The maximum atomic E-state index is 11.9. The van der Waals surface area contributed by atoms with E-state index in [4.69, 9.17) is 4.74 Å². The highest BCUT2D eigenvalue weighted by molar-refractivity contribution is 6.01. The molecule has 0 unspecified atom stereocenters. The quantitative estimate of drug-likeness (QED) is 0.591. The Labute approximate surface area is 120 Å². The van der Waals surface area contributed by atoms with E-state index in [0.29, 0.717) is 11.1 Å². The van der Waals surface area contributed by atoms with E-state index < -0.39 is 0 Å². The number of hydrogen-bond acceptors (Lipinski definition) is 4. The minimum absolute atomic E-state index is 0.200. The van der Waals surface area contributed by atoms with E-state index >= 15 is 0 Å². The summed E-state index contributed by atoms with van der Waals surface area (Å²) in [6.45, 7) is 0.765. The molecule has 2 N–H and O–H groups in total. The van der Waals surface area contributed by atoms with Crippen LogP contribution in [-0.2, 0) is 6.54 Å². The fraction of sp³-hybridized carbons (Fsp3) is 0.125. The molecule has 21 heavy (non-hydrogen) atoms. The summed E-state index contributed by atoms with van der Waals surface area (Å²) >= 11 is 0. The number of nitrogens with one attached hydrogen (secondary N) is 2. The Kier molecular flexibility index (Phi) is 2.55. The first-order valence-corrected chi connectivity index (χ1v) is 6.75. The Morgan fingerprint density at radius 3 is 3.00 bits per heavy atom. The average Bonchev–Trinajstić information content (AvgIpc) is 2.51. The number of aromatic amines is 1. The first kappa shape index (κ1) is 12.1. The minimum atomic E-state index is -0.200. The molecule has 0 bridgehead atoms. The van der Waals surface area contributed by atoms with Crippen LogP contribution in [0, 0.1) is 0 Å². The lowest BCUT2D eigenvalue weighted by atomic mass is 9.99. The van der Waals surface area contributed by atoms with Gasteiger partial charge in [0.2, 0.25) is 0 Å². The van der Waals surface area contributed by atoms with Gasteiger partial charge in [-0.05, 0) is 36.9 Å². The van der Waals surface area contributed by atoms with Crippen molar-refractivity contribution in [1.29, 1.82) is 0 Å². The predicted molar refractivity (Wildman–Crippen MR) is 80.6 cm³/mol. The highest BCUT2D eigenvalue weighted by atomic mass is 16.5. The normalized spacial score (nSPS) is 12.0. The third kappa shape index (κ3) is 1.75. The standard InChI is InChI=1S/C16H13N3O2/c1-17-8-9-5-6-12-11(7-9)15-14-10(16(20)19-18-15)3-2-4-13(14)21-12/h2-7,17H,8H2,1H3,(H,19,20). The number of benzene rings is 2. The second-order valence-corrected chi connectivity index (χ2v) is 5.04. The Morgan fingerprint density at radius 1 is 1.24 bits per heavy atom. The molecule has 0 saturated carbocycles. The van der Waals surface area contributed by atoms with Crippen molar-refractivity contribution in [2.24, 2.45) is 0 Å². The fourth-order valence-electron chi connectivity index (χ4n) is 2.75. The first-order chi connectivity index (χ1) is 10.3. The zero-order chi connectivity index (χ0) is 14.4. The van der Waals surface area contributed by atoms with Gasteiger partial charge >= 0.3 is 0 Å². The van der Waals surface area contributed by atoms with Crippen molar-refractivity contribution in [3.05, 3.63) is 52.3 Å². The first-order valence-electron chi connectivity index (χ1n) is 6.75. The molecule has 5 nitrogen and oxygen atoms in total. The fourth-order valence-corrected chi connectivity index (χ4v) is 2.75. The highest BCUT2D eigenvalue weighted by Crippen LogP contribution is 2.44. The molecule has 104 valence electrons. The maximum absolute atomic E-state index is 11.9. The van der Waals surface area contributed by atoms with Crippen molar-refractivity contribution < 1.29 is 4.74 Å². The predicted octanol–water partition coefficient (Wildman–Crippen LogP) is 2.42. The van der Waals surface area contributed by atoms with E-state index in [0.717, 1.165) is 34.5 Å². The van der Waals surface area contributed by atoms with Crippen molar-refractivity contribution in [1.82, 2.24) is 15.5 Å². The summed E-state index contributed by atoms with van der Waals surface area (Å²) in [7, 11) is 1.90. The highest BCUT2D eigenvalue weighted by Gasteiger charge is 2.22. The van der Waals surface area contributed by atoms with E-state index in [9.17, 15) is 4.79 Å². The van der Waals surface area contributed by atoms with Crippen molar-refractivity contribution in [3.8, 4) is 22.8 Å². The van der Waals surface area contributed by atoms with Crippen molar-refractivity contribution in [2.75, 3.05) is 7.05 Å². The third-order valence-corrected chi connectivity index (χ3v) is 3.68. The van der Waals surface area contributed by atoms with Gasteiger partial charge in [0.25, 0.3) is 5.56 Å². The minimum Gasteiger partial charge on any atom is -0.456 e. The molecule has 2 heterocycles. The molecular formula is C16H13N3O2. The summed E-state index contributed by atoms with van der Waals surface area (Å²) in [5, 5.41) is 11.3. The van der Waals surface area contributed by atoms with Crippen LogP contribution in [0.15, 0.2) is 41.2 Å². The summed E-state index contributed by atoms with van der Waals surface area (Å²) in [6, 6.07) is 11.5. The molecule has 0 saturated heterocycles. The number of nitrogens with zero attached hydrogens (tertiary/aromatic N) is 1. The molecule has 5 heteroatoms. The zero-order valence-electron chi connectivity index (χ0n) is 11.4. The van der Waals surface area contributed by atoms with Crippen LogP contribution in [0.1, 0.15) is 5.56 Å². The van der Waals surface area contributed by atoms with Crippen LogP contribution in [0.25, 0.3) is 22.0 Å². The van der Waals surface area contributed by atoms with Gasteiger partial charge in [-0.15, -0.1) is 0 Å². The van der Waals surface area contributed by atoms with Crippen LogP contribution in [0.2, 0.25) is 0 Å². The maximum Gasteiger partial charge on any atom is 0.272 e. The summed E-state index contributed by atoms with van der Waals surface area (Å²) < 4.78 is 5.92. The Morgan fingerprint density at radius 2 is 2.14 bits per heavy atom. The largest absolute Gasteiger partial charge is 0.456 e. The number of H-pyrrole nitrogens is 1. The molecule has 0 radical (unpaired) electrons. The van der Waals surface area contributed by atoms with Gasteiger partial charge in [0.15, 0.2) is 0 Å². The molecule has 1 aliphatic heterocycles. The molecule has 3 aromatic rings. The van der Waals surface area contributed by atoms with Crippen LogP contribution in [0.3, 0.4) is 0 Å². The molecule has 4 rings (SSSR count). The molecule has 2 aromatic carbocycles. The van der Waals surface area contributed by atoms with Gasteiger partial charge in [-0.25, -0.2) is 5.10 Å². The molecule has 0 fully saturated rings. The SMILES string of the molecule is CNCc1ccc2c(c1)-c1n[nH]c(=O)c3cccc(c13)O2. The van der Waals surface area contributed by atoms with Crippen LogP contribution in [-0.4, -0.2) is 17.2 Å². The van der Waals surface area contributed by atoms with E-state index in [-0.39, 0.29) is 5.56 Å². The van der Waals surface area contributed by atoms with E-state index in [1.54, 1.807) is 6.07 Å². The Balaban J connectivity index is 2.06. The molecule has 1 aromatic heterocycles. The molecule has 1 aliphatic rings. The van der Waals surface area contributed by atoms with Crippen molar-refractivity contribution in [2.45, 2.75) is 6.54 Å². The lowest BCUT2D eigenvalue weighted by Crippen LogP contribution is -2.12. The third-order valence-electron chi connectivity index (χ3n) is 3.68. The number of hydrogen-bond donors (Lipinski definition) is 2. The molecule has 0 aliphatic carbocycles. The van der Waals surface area contributed by atoms with Crippen molar-refractivity contribution in [3.63, 3.8) is 0 Å². The summed E-state index contributed by atoms with van der Waals surface area (Å²) in [5.41, 5.74) is 2.61. The monoisotopic (exact) mass is 279 g/mol. The van der Waals surface area contributed by atoms with Crippen LogP contribution >= 0.6 is 0 Å². The van der Waals surface area contributed by atoms with E-state index in [1.807, 2.05) is 37.4 Å². The molecule has 0 amide bonds. The lowest BCUT2D eigenvalue weighted by Gasteiger charge is -2.20. The van der Waals surface area contributed by atoms with E-state index in [2.05, 4.69) is 15.5 Å². The summed E-state index contributed by atoms with van der Waals surface area (Å²) in [4.78, 5) is 11.9. The molecule has 0 spiro atoms. The average molecular weight is 279 g/mol. The van der Waals surface area contributed by atoms with E-state index in [1.165, 1.54) is 0 Å². The number of ether oxygens (including phenoxy) is 1. The zero-order valence-corrected chi connectivity index (χ0v) is 11.4. The van der Waals surface area contributed by atoms with Gasteiger partial charge in [0.1, 0.15) is 17.2 Å². The van der Waals surface area contributed by atoms with Crippen LogP contribution in [0.5, 0.6) is 11.5 Å². The van der Waals surface area contributed by atoms with Gasteiger partial charge in [-0.1, -0.05) is 12.1 Å². The van der Waals surface area contributed by atoms with Gasteiger partial charge in [-0.3, -0.25) is 4.79 Å². The topological polar surface area (TPSA) is 67.0 Å². The summed E-state index contributed by atoms with van der Waals surface area (Å²) in [5.74, 6) is 1.43. The Bertz CT molecular complexity index is 915. The molecule has 0 atom stereocenters. The van der Waals surface area contributed by atoms with Gasteiger partial charge in [0.05, 0.1) is 10.8 Å². The second kappa shape index (κ2) is 4.43. The second-order valence-electron chi connectivity index (χ2n) is 5.04. The van der Waals surface area contributed by atoms with Gasteiger partial charge in [0, 0.05) is 12.1 Å².